The van der Waals surface area contributed by atoms with Crippen molar-refractivity contribution in [2.24, 2.45) is 5.92 Å². The summed E-state index contributed by atoms with van der Waals surface area (Å²) < 4.78 is 3.23. The molecule has 0 fully saturated rings. The van der Waals surface area contributed by atoms with Gasteiger partial charge in [-0.25, -0.2) is 9.67 Å². The molecular weight excluding hydrogens is 330 g/mol. The van der Waals surface area contributed by atoms with Gasteiger partial charge in [0.2, 0.25) is 5.91 Å². The summed E-state index contributed by atoms with van der Waals surface area (Å²) in [6.45, 7) is 7.10. The van der Waals surface area contributed by atoms with Gasteiger partial charge in [0.05, 0.1) is 19.3 Å². The highest BCUT2D eigenvalue weighted by molar-refractivity contribution is 5.77. The number of benzene rings is 1. The molecule has 3 rings (SSSR count). The first-order valence-electron chi connectivity index (χ1n) is 8.70. The van der Waals surface area contributed by atoms with Crippen molar-refractivity contribution < 1.29 is 4.79 Å². The molecule has 1 aromatic carbocycles. The van der Waals surface area contributed by atoms with Gasteiger partial charge >= 0.3 is 0 Å². The van der Waals surface area contributed by atoms with Gasteiger partial charge in [0.1, 0.15) is 11.7 Å². The Morgan fingerprint density at radius 3 is 2.85 bits per heavy atom. The molecule has 2 aromatic heterocycles. The summed E-state index contributed by atoms with van der Waals surface area (Å²) in [4.78, 5) is 28.7. The molecule has 0 unspecified atom stereocenters. The Hall–Kier alpha value is -2.96. The molecule has 1 N–H and O–H groups in total. The summed E-state index contributed by atoms with van der Waals surface area (Å²) in [6, 6.07) is 8.04. The normalized spacial score (nSPS) is 11.2. The molecule has 3 aromatic rings. The number of carbonyl (C=O) groups excluding carboxylic acids is 1. The van der Waals surface area contributed by atoms with Gasteiger partial charge in [-0.3, -0.25) is 14.2 Å². The first kappa shape index (κ1) is 17.8. The Balaban J connectivity index is 1.78. The molecule has 0 radical (unpaired) electrons. The van der Waals surface area contributed by atoms with Crippen LogP contribution in [0.3, 0.4) is 0 Å². The van der Waals surface area contributed by atoms with Gasteiger partial charge in [0, 0.05) is 12.5 Å². The third kappa shape index (κ3) is 3.82. The van der Waals surface area contributed by atoms with Crippen LogP contribution in [0.1, 0.15) is 25.0 Å². The fraction of sp³-hybridized carbons (Fsp3) is 0.368. The SMILES string of the molecule is Cc1cccc(Cn2cnc3c(cnn3CCNC(=O)C(C)C)c2=O)c1. The lowest BCUT2D eigenvalue weighted by atomic mass is 10.1. The fourth-order valence-corrected chi connectivity index (χ4v) is 2.77. The van der Waals surface area contributed by atoms with Crippen LogP contribution >= 0.6 is 0 Å². The molecule has 0 aliphatic carbocycles. The van der Waals surface area contributed by atoms with E-state index in [9.17, 15) is 9.59 Å². The second kappa shape index (κ2) is 7.51. The first-order chi connectivity index (χ1) is 12.5. The van der Waals surface area contributed by atoms with Crippen LogP contribution in [0.5, 0.6) is 0 Å². The second-order valence-corrected chi connectivity index (χ2v) is 6.72. The highest BCUT2D eigenvalue weighted by atomic mass is 16.2. The summed E-state index contributed by atoms with van der Waals surface area (Å²) in [5.41, 5.74) is 2.63. The van der Waals surface area contributed by atoms with Gasteiger partial charge in [-0.1, -0.05) is 43.7 Å². The third-order valence-corrected chi connectivity index (χ3v) is 4.20. The van der Waals surface area contributed by atoms with Crippen LogP contribution in [-0.4, -0.2) is 31.8 Å². The summed E-state index contributed by atoms with van der Waals surface area (Å²) in [6.07, 6.45) is 3.10. The van der Waals surface area contributed by atoms with Crippen molar-refractivity contribution in [1.29, 1.82) is 0 Å². The van der Waals surface area contributed by atoms with Crippen molar-refractivity contribution in [3.63, 3.8) is 0 Å². The number of hydrogen-bond acceptors (Lipinski definition) is 4. The number of aryl methyl sites for hydroxylation is 1. The predicted octanol–water partition coefficient (Wildman–Crippen LogP) is 1.72. The monoisotopic (exact) mass is 353 g/mol. The number of hydrogen-bond donors (Lipinski definition) is 1. The van der Waals surface area contributed by atoms with Crippen LogP contribution in [0.15, 0.2) is 41.6 Å². The van der Waals surface area contributed by atoms with Crippen molar-refractivity contribution in [3.05, 3.63) is 58.3 Å². The van der Waals surface area contributed by atoms with E-state index in [1.54, 1.807) is 21.8 Å². The smallest absolute Gasteiger partial charge is 0.264 e. The van der Waals surface area contributed by atoms with E-state index < -0.39 is 0 Å². The molecule has 26 heavy (non-hydrogen) atoms. The number of rotatable bonds is 6. The van der Waals surface area contributed by atoms with E-state index in [4.69, 9.17) is 0 Å². The second-order valence-electron chi connectivity index (χ2n) is 6.72. The quantitative estimate of drug-likeness (QED) is 0.732. The molecule has 1 amide bonds. The van der Waals surface area contributed by atoms with Crippen molar-refractivity contribution >= 4 is 16.9 Å². The summed E-state index contributed by atoms with van der Waals surface area (Å²) in [5, 5.41) is 7.57. The van der Waals surface area contributed by atoms with Gasteiger partial charge in [0.15, 0.2) is 5.65 Å². The molecule has 7 nitrogen and oxygen atoms in total. The molecule has 0 saturated heterocycles. The number of aromatic nitrogens is 4. The average Bonchev–Trinajstić information content (AvgIpc) is 3.01. The van der Waals surface area contributed by atoms with Crippen LogP contribution < -0.4 is 10.9 Å². The van der Waals surface area contributed by atoms with Gasteiger partial charge in [-0.05, 0) is 12.5 Å². The van der Waals surface area contributed by atoms with E-state index in [2.05, 4.69) is 21.5 Å². The molecule has 0 bridgehead atoms. The zero-order valence-electron chi connectivity index (χ0n) is 15.3. The van der Waals surface area contributed by atoms with Crippen molar-refractivity contribution in [2.75, 3.05) is 6.54 Å². The molecule has 2 heterocycles. The molecular formula is C19H23N5O2. The van der Waals surface area contributed by atoms with Crippen molar-refractivity contribution in [3.8, 4) is 0 Å². The molecule has 0 spiro atoms. The van der Waals surface area contributed by atoms with Crippen LogP contribution in [0.2, 0.25) is 0 Å². The molecule has 7 heteroatoms. The van der Waals surface area contributed by atoms with Crippen LogP contribution in [0, 0.1) is 12.8 Å². The lowest BCUT2D eigenvalue weighted by Crippen LogP contribution is -2.31. The lowest BCUT2D eigenvalue weighted by molar-refractivity contribution is -0.124. The Morgan fingerprint density at radius 1 is 1.31 bits per heavy atom. The summed E-state index contributed by atoms with van der Waals surface area (Å²) >= 11 is 0. The van der Waals surface area contributed by atoms with E-state index in [0.29, 0.717) is 30.7 Å². The van der Waals surface area contributed by atoms with E-state index in [1.807, 2.05) is 39.0 Å². The zero-order chi connectivity index (χ0) is 18.7. The zero-order valence-corrected chi connectivity index (χ0v) is 15.3. The standard InChI is InChI=1S/C19H23N5O2/c1-13(2)18(25)20-7-8-24-17-16(10-22-24)19(26)23(12-21-17)11-15-6-4-5-14(3)9-15/h4-6,9-10,12-13H,7-8,11H2,1-3H3,(H,20,25). The fourth-order valence-electron chi connectivity index (χ4n) is 2.77. The highest BCUT2D eigenvalue weighted by Gasteiger charge is 2.11. The minimum atomic E-state index is -0.117. The van der Waals surface area contributed by atoms with E-state index >= 15 is 0 Å². The van der Waals surface area contributed by atoms with Gasteiger partial charge < -0.3 is 5.32 Å². The van der Waals surface area contributed by atoms with Gasteiger partial charge in [-0.2, -0.15) is 5.10 Å². The van der Waals surface area contributed by atoms with Crippen molar-refractivity contribution in [2.45, 2.75) is 33.9 Å². The topological polar surface area (TPSA) is 81.8 Å². The van der Waals surface area contributed by atoms with Gasteiger partial charge in [0.25, 0.3) is 5.56 Å². The Bertz CT molecular complexity index is 987. The lowest BCUT2D eigenvalue weighted by Gasteiger charge is -2.09. The maximum absolute atomic E-state index is 12.7. The van der Waals surface area contributed by atoms with Crippen molar-refractivity contribution in [1.82, 2.24) is 24.6 Å². The average molecular weight is 353 g/mol. The molecule has 0 aliphatic heterocycles. The van der Waals surface area contributed by atoms with E-state index in [-0.39, 0.29) is 17.4 Å². The number of nitrogens with zero attached hydrogens (tertiary/aromatic N) is 4. The Morgan fingerprint density at radius 2 is 2.12 bits per heavy atom. The first-order valence-corrected chi connectivity index (χ1v) is 8.70. The molecule has 136 valence electrons. The molecule has 0 atom stereocenters. The predicted molar refractivity (Wildman–Crippen MR) is 99.9 cm³/mol. The minimum absolute atomic E-state index is 0.00469. The maximum atomic E-state index is 12.7. The van der Waals surface area contributed by atoms with E-state index in [1.165, 1.54) is 0 Å². The highest BCUT2D eigenvalue weighted by Crippen LogP contribution is 2.08. The number of nitrogens with one attached hydrogen (secondary N) is 1. The number of amides is 1. The molecule has 0 aliphatic rings. The van der Waals surface area contributed by atoms with Crippen LogP contribution in [-0.2, 0) is 17.9 Å². The Labute approximate surface area is 151 Å². The van der Waals surface area contributed by atoms with E-state index in [0.717, 1.165) is 11.1 Å². The Kier molecular flexibility index (Phi) is 5.16. The summed E-state index contributed by atoms with van der Waals surface area (Å²) in [5.74, 6) is -0.0637. The third-order valence-electron chi connectivity index (χ3n) is 4.20. The van der Waals surface area contributed by atoms with Crippen LogP contribution in [0.25, 0.3) is 11.0 Å². The maximum Gasteiger partial charge on any atom is 0.264 e. The number of carbonyl (C=O) groups is 1. The molecule has 0 saturated carbocycles. The van der Waals surface area contributed by atoms with Crippen LogP contribution in [0.4, 0.5) is 0 Å². The summed E-state index contributed by atoms with van der Waals surface area (Å²) in [7, 11) is 0. The minimum Gasteiger partial charge on any atom is -0.354 e. The van der Waals surface area contributed by atoms with Gasteiger partial charge in [-0.15, -0.1) is 0 Å². The number of fused-ring (bicyclic) bond motifs is 1. The largest absolute Gasteiger partial charge is 0.354 e.